The first-order chi connectivity index (χ1) is 13.2. The minimum Gasteiger partial charge on any atom is -0.497 e. The third kappa shape index (κ3) is 4.02. The number of benzene rings is 3. The molecule has 0 unspecified atom stereocenters. The molecule has 0 atom stereocenters. The second-order valence-corrected chi connectivity index (χ2v) is 9.68. The summed E-state index contributed by atoms with van der Waals surface area (Å²) < 4.78 is 58.9. The molecular weight excluding hydrogens is 398 g/mol. The van der Waals surface area contributed by atoms with Crippen molar-refractivity contribution >= 4 is 25.5 Å². The fraction of sp³-hybridized carbons (Fsp3) is 0.100. The van der Waals surface area contributed by atoms with E-state index in [9.17, 15) is 16.8 Å². The number of hydrogen-bond donors (Lipinski definition) is 1. The summed E-state index contributed by atoms with van der Waals surface area (Å²) in [4.78, 5) is -0.0787. The molecule has 1 N–H and O–H groups in total. The molecule has 3 aromatic carbocycles. The summed E-state index contributed by atoms with van der Waals surface area (Å²) in [7, 11) is -6.30. The average Bonchev–Trinajstić information content (AvgIpc) is 2.69. The van der Waals surface area contributed by atoms with Crippen LogP contribution < -0.4 is 9.46 Å². The van der Waals surface area contributed by atoms with Gasteiger partial charge in [-0.2, -0.15) is 0 Å². The van der Waals surface area contributed by atoms with Crippen molar-refractivity contribution < 1.29 is 21.6 Å². The van der Waals surface area contributed by atoms with Crippen LogP contribution in [0.4, 0.5) is 5.69 Å². The van der Waals surface area contributed by atoms with E-state index in [0.29, 0.717) is 17.0 Å². The molecule has 0 aliphatic carbocycles. The number of nitrogens with one attached hydrogen (secondary N) is 1. The van der Waals surface area contributed by atoms with Crippen LogP contribution in [0.15, 0.2) is 87.5 Å². The number of methoxy groups -OCH3 is 1. The lowest BCUT2D eigenvalue weighted by Gasteiger charge is -2.13. The van der Waals surface area contributed by atoms with Gasteiger partial charge in [0.15, 0.2) is 0 Å². The van der Waals surface area contributed by atoms with Gasteiger partial charge >= 0.3 is 0 Å². The van der Waals surface area contributed by atoms with Gasteiger partial charge in [0.05, 0.1) is 21.8 Å². The highest BCUT2D eigenvalue weighted by Crippen LogP contribution is 2.27. The molecular formula is C20H19NO5S2. The Kier molecular flexibility index (Phi) is 5.44. The van der Waals surface area contributed by atoms with Crippen molar-refractivity contribution in [1.29, 1.82) is 0 Å². The normalized spacial score (nSPS) is 11.8. The molecule has 0 radical (unpaired) electrons. The van der Waals surface area contributed by atoms with Gasteiger partial charge in [0.25, 0.3) is 10.0 Å². The van der Waals surface area contributed by atoms with Gasteiger partial charge in [0.1, 0.15) is 5.75 Å². The third-order valence-corrected chi connectivity index (χ3v) is 7.45. The second kappa shape index (κ2) is 7.65. The van der Waals surface area contributed by atoms with E-state index in [2.05, 4.69) is 4.72 Å². The van der Waals surface area contributed by atoms with Crippen LogP contribution in [0.1, 0.15) is 5.56 Å². The standard InChI is InChI=1S/C20H19NO5S2/c1-15-8-13-19(27(22,23)18-6-4-3-5-7-18)14-20(15)28(24,25)21-16-9-11-17(26-2)12-10-16/h3-14,21H,1-2H3. The van der Waals surface area contributed by atoms with Crippen LogP contribution in [0.25, 0.3) is 0 Å². The molecule has 0 heterocycles. The zero-order valence-corrected chi connectivity index (χ0v) is 16.9. The number of rotatable bonds is 6. The zero-order chi connectivity index (χ0) is 20.4. The molecule has 0 bridgehead atoms. The van der Waals surface area contributed by atoms with Gasteiger partial charge in [-0.15, -0.1) is 0 Å². The van der Waals surface area contributed by atoms with Crippen LogP contribution in [0, 0.1) is 6.92 Å². The van der Waals surface area contributed by atoms with Gasteiger partial charge in [-0.25, -0.2) is 16.8 Å². The fourth-order valence-corrected chi connectivity index (χ4v) is 5.35. The molecule has 3 rings (SSSR count). The highest BCUT2D eigenvalue weighted by Gasteiger charge is 2.23. The lowest BCUT2D eigenvalue weighted by Crippen LogP contribution is -2.15. The molecule has 6 nitrogen and oxygen atoms in total. The van der Waals surface area contributed by atoms with Crippen LogP contribution in [0.2, 0.25) is 0 Å². The summed E-state index contributed by atoms with van der Waals surface area (Å²) in [6.07, 6.45) is 0. The van der Waals surface area contributed by atoms with Crippen molar-refractivity contribution in [3.05, 3.63) is 78.4 Å². The minimum atomic E-state index is -3.98. The zero-order valence-electron chi connectivity index (χ0n) is 15.3. The smallest absolute Gasteiger partial charge is 0.262 e. The number of sulfone groups is 1. The first-order valence-electron chi connectivity index (χ1n) is 8.32. The van der Waals surface area contributed by atoms with E-state index < -0.39 is 19.9 Å². The summed E-state index contributed by atoms with van der Waals surface area (Å²) in [5, 5.41) is 0. The van der Waals surface area contributed by atoms with Gasteiger partial charge in [-0.1, -0.05) is 24.3 Å². The van der Waals surface area contributed by atoms with E-state index in [1.165, 1.54) is 37.4 Å². The number of sulfonamides is 1. The van der Waals surface area contributed by atoms with E-state index in [4.69, 9.17) is 4.74 Å². The Bertz CT molecular complexity index is 1190. The molecule has 0 saturated heterocycles. The number of ether oxygens (including phenoxy) is 1. The number of aryl methyl sites for hydroxylation is 1. The molecule has 0 aliphatic heterocycles. The monoisotopic (exact) mass is 417 g/mol. The molecule has 146 valence electrons. The summed E-state index contributed by atoms with van der Waals surface area (Å²) in [5.41, 5.74) is 0.782. The molecule has 28 heavy (non-hydrogen) atoms. The van der Waals surface area contributed by atoms with Gasteiger partial charge in [0, 0.05) is 5.69 Å². The Morgan fingerprint density at radius 2 is 1.43 bits per heavy atom. The van der Waals surface area contributed by atoms with Crippen LogP contribution in [0.3, 0.4) is 0 Å². The van der Waals surface area contributed by atoms with Crippen molar-refractivity contribution in [3.63, 3.8) is 0 Å². The molecule has 0 aromatic heterocycles. The van der Waals surface area contributed by atoms with Crippen LogP contribution >= 0.6 is 0 Å². The van der Waals surface area contributed by atoms with E-state index in [1.54, 1.807) is 49.4 Å². The maximum atomic E-state index is 12.9. The van der Waals surface area contributed by atoms with Crippen LogP contribution in [-0.4, -0.2) is 23.9 Å². The van der Waals surface area contributed by atoms with Gasteiger partial charge < -0.3 is 4.74 Å². The fourth-order valence-electron chi connectivity index (χ4n) is 2.64. The third-order valence-electron chi connectivity index (χ3n) is 4.16. The molecule has 0 spiro atoms. The topological polar surface area (TPSA) is 89.5 Å². The first kappa shape index (κ1) is 19.9. The number of anilines is 1. The highest BCUT2D eigenvalue weighted by molar-refractivity contribution is 7.93. The van der Waals surface area contributed by atoms with Crippen molar-refractivity contribution in [3.8, 4) is 5.75 Å². The van der Waals surface area contributed by atoms with Crippen LogP contribution in [0.5, 0.6) is 5.75 Å². The van der Waals surface area contributed by atoms with E-state index in [-0.39, 0.29) is 14.7 Å². The van der Waals surface area contributed by atoms with Gasteiger partial charge in [-0.05, 0) is 61.0 Å². The lowest BCUT2D eigenvalue weighted by molar-refractivity contribution is 0.415. The largest absolute Gasteiger partial charge is 0.497 e. The van der Waals surface area contributed by atoms with Crippen LogP contribution in [-0.2, 0) is 19.9 Å². The second-order valence-electron chi connectivity index (χ2n) is 6.08. The summed E-state index contributed by atoms with van der Waals surface area (Å²) in [5.74, 6) is 0.593. The van der Waals surface area contributed by atoms with Gasteiger partial charge in [-0.3, -0.25) is 4.72 Å². The Morgan fingerprint density at radius 3 is 2.04 bits per heavy atom. The van der Waals surface area contributed by atoms with E-state index in [1.807, 2.05) is 0 Å². The molecule has 0 amide bonds. The van der Waals surface area contributed by atoms with Crippen molar-refractivity contribution in [1.82, 2.24) is 0 Å². The average molecular weight is 418 g/mol. The maximum Gasteiger partial charge on any atom is 0.262 e. The van der Waals surface area contributed by atoms with Crippen molar-refractivity contribution in [2.75, 3.05) is 11.8 Å². The quantitative estimate of drug-likeness (QED) is 0.661. The predicted molar refractivity (Wildman–Crippen MR) is 107 cm³/mol. The predicted octanol–water partition coefficient (Wildman–Crippen LogP) is 3.64. The molecule has 0 saturated carbocycles. The molecule has 0 fully saturated rings. The summed E-state index contributed by atoms with van der Waals surface area (Å²) in [6.45, 7) is 1.61. The SMILES string of the molecule is COc1ccc(NS(=O)(=O)c2cc(S(=O)(=O)c3ccccc3)ccc2C)cc1. The van der Waals surface area contributed by atoms with Crippen molar-refractivity contribution in [2.45, 2.75) is 21.6 Å². The Morgan fingerprint density at radius 1 is 0.786 bits per heavy atom. The highest BCUT2D eigenvalue weighted by atomic mass is 32.2. The first-order valence-corrected chi connectivity index (χ1v) is 11.3. The number of hydrogen-bond acceptors (Lipinski definition) is 5. The summed E-state index contributed by atoms with van der Waals surface area (Å²) in [6, 6.07) is 18.3. The molecule has 3 aromatic rings. The molecule has 0 aliphatic rings. The minimum absolute atomic E-state index is 0.0839. The van der Waals surface area contributed by atoms with E-state index in [0.717, 1.165) is 0 Å². The lowest BCUT2D eigenvalue weighted by atomic mass is 10.2. The van der Waals surface area contributed by atoms with Crippen molar-refractivity contribution in [2.24, 2.45) is 0 Å². The van der Waals surface area contributed by atoms with Gasteiger partial charge in [0.2, 0.25) is 9.84 Å². The van der Waals surface area contributed by atoms with E-state index >= 15 is 0 Å². The summed E-state index contributed by atoms with van der Waals surface area (Å²) >= 11 is 0. The Hall–Kier alpha value is -2.84. The molecule has 8 heteroatoms. The maximum absolute atomic E-state index is 12.9. The Labute approximate surface area is 164 Å². The Balaban J connectivity index is 2.00.